The van der Waals surface area contributed by atoms with Gasteiger partial charge in [0.25, 0.3) is 5.89 Å². The molecule has 0 radical (unpaired) electrons. The van der Waals surface area contributed by atoms with Crippen LogP contribution in [0.1, 0.15) is 61.2 Å². The summed E-state index contributed by atoms with van der Waals surface area (Å²) in [5, 5.41) is 3.81. The van der Waals surface area contributed by atoms with Gasteiger partial charge in [0.15, 0.2) is 12.4 Å². The van der Waals surface area contributed by atoms with E-state index in [1.54, 1.807) is 26.8 Å². The Morgan fingerprint density at radius 1 is 1.26 bits per heavy atom. The maximum atomic E-state index is 12.7. The van der Waals surface area contributed by atoms with Crippen LogP contribution in [0.5, 0.6) is 0 Å². The highest BCUT2D eigenvalue weighted by atomic mass is 32.2. The van der Waals surface area contributed by atoms with E-state index >= 15 is 0 Å². The molecule has 8 nitrogen and oxygen atoms in total. The molecule has 0 aliphatic rings. The molecule has 0 bridgehead atoms. The average Bonchev–Trinajstić information content (AvgIpc) is 3.10. The Morgan fingerprint density at radius 3 is 2.48 bits per heavy atom. The normalized spacial score (nSPS) is 12.0. The van der Waals surface area contributed by atoms with Gasteiger partial charge >= 0.3 is 5.97 Å². The molecule has 0 N–H and O–H groups in total. The van der Waals surface area contributed by atoms with E-state index in [2.05, 4.69) is 10.1 Å². The Kier molecular flexibility index (Phi) is 6.72. The fourth-order valence-electron chi connectivity index (χ4n) is 2.46. The number of sulfonamides is 1. The molecule has 0 fully saturated rings. The van der Waals surface area contributed by atoms with Gasteiger partial charge in [-0.25, -0.2) is 13.2 Å². The number of hydrogen-bond acceptors (Lipinski definition) is 7. The first-order valence-electron chi connectivity index (χ1n) is 8.81. The summed E-state index contributed by atoms with van der Waals surface area (Å²) in [6.45, 7) is 9.61. The van der Waals surface area contributed by atoms with E-state index in [1.807, 2.05) is 13.8 Å². The van der Waals surface area contributed by atoms with Crippen LogP contribution in [-0.2, 0) is 21.4 Å². The molecule has 1 heterocycles. The number of rotatable bonds is 8. The van der Waals surface area contributed by atoms with Crippen LogP contribution < -0.4 is 0 Å². The summed E-state index contributed by atoms with van der Waals surface area (Å²) < 4.78 is 36.9. The maximum Gasteiger partial charge on any atom is 0.338 e. The van der Waals surface area contributed by atoms with Gasteiger partial charge < -0.3 is 9.26 Å². The summed E-state index contributed by atoms with van der Waals surface area (Å²) in [6.07, 6.45) is 0. The van der Waals surface area contributed by atoms with Crippen molar-refractivity contribution in [2.75, 3.05) is 13.1 Å². The van der Waals surface area contributed by atoms with Gasteiger partial charge in [-0.2, -0.15) is 9.29 Å². The van der Waals surface area contributed by atoms with E-state index < -0.39 is 16.0 Å². The van der Waals surface area contributed by atoms with Gasteiger partial charge in [-0.1, -0.05) is 38.9 Å². The van der Waals surface area contributed by atoms with E-state index in [-0.39, 0.29) is 28.9 Å². The zero-order valence-electron chi connectivity index (χ0n) is 16.2. The molecule has 0 spiro atoms. The lowest BCUT2D eigenvalue weighted by Gasteiger charge is -2.19. The molecule has 2 rings (SSSR count). The fraction of sp³-hybridized carbons (Fsp3) is 0.500. The molecule has 0 aliphatic carbocycles. The topological polar surface area (TPSA) is 103 Å². The molecule has 2 aromatic rings. The van der Waals surface area contributed by atoms with Crippen LogP contribution in [0.3, 0.4) is 0 Å². The van der Waals surface area contributed by atoms with Crippen LogP contribution in [0.4, 0.5) is 0 Å². The van der Waals surface area contributed by atoms with Crippen molar-refractivity contribution in [3.63, 3.8) is 0 Å². The summed E-state index contributed by atoms with van der Waals surface area (Å²) in [5.41, 5.74) is 0.804. The molecule has 148 valence electrons. The highest BCUT2D eigenvalue weighted by molar-refractivity contribution is 7.89. The second-order valence-corrected chi connectivity index (χ2v) is 8.28. The summed E-state index contributed by atoms with van der Waals surface area (Å²) in [5.74, 6) is 0.178. The lowest BCUT2D eigenvalue weighted by atomic mass is 10.1. The monoisotopic (exact) mass is 395 g/mol. The summed E-state index contributed by atoms with van der Waals surface area (Å²) in [4.78, 5) is 16.6. The lowest BCUT2D eigenvalue weighted by Crippen LogP contribution is -2.30. The number of hydrogen-bond donors (Lipinski definition) is 0. The second-order valence-electron chi connectivity index (χ2n) is 6.34. The van der Waals surface area contributed by atoms with Crippen LogP contribution in [0.25, 0.3) is 0 Å². The van der Waals surface area contributed by atoms with Gasteiger partial charge in [0, 0.05) is 19.0 Å². The van der Waals surface area contributed by atoms with Gasteiger partial charge in [0.05, 0.1) is 10.5 Å². The van der Waals surface area contributed by atoms with Crippen molar-refractivity contribution in [1.82, 2.24) is 14.4 Å². The largest absolute Gasteiger partial charge is 0.452 e. The smallest absolute Gasteiger partial charge is 0.338 e. The third-order valence-corrected chi connectivity index (χ3v) is 6.14. The predicted octanol–water partition coefficient (Wildman–Crippen LogP) is 2.89. The number of carbonyl (C=O) groups is 1. The highest BCUT2D eigenvalue weighted by Gasteiger charge is 2.24. The van der Waals surface area contributed by atoms with Crippen LogP contribution in [-0.4, -0.2) is 41.9 Å². The van der Waals surface area contributed by atoms with Crippen LogP contribution in [0.15, 0.2) is 27.6 Å². The zero-order valence-corrected chi connectivity index (χ0v) is 17.0. The number of carbonyl (C=O) groups excluding carboxylic acids is 1. The van der Waals surface area contributed by atoms with E-state index in [4.69, 9.17) is 9.26 Å². The molecular weight excluding hydrogens is 370 g/mol. The summed E-state index contributed by atoms with van der Waals surface area (Å²) >= 11 is 0. The SMILES string of the molecule is CCN(CC)S(=O)(=O)c1ccc(C)c(C(=O)OCc2nc(C(C)C)no2)c1. The van der Waals surface area contributed by atoms with E-state index in [1.165, 1.54) is 16.4 Å². The van der Waals surface area contributed by atoms with E-state index in [0.29, 0.717) is 24.5 Å². The number of benzene rings is 1. The van der Waals surface area contributed by atoms with E-state index in [0.717, 1.165) is 0 Å². The van der Waals surface area contributed by atoms with Crippen LogP contribution in [0, 0.1) is 6.92 Å². The van der Waals surface area contributed by atoms with Gasteiger partial charge in [-0.3, -0.25) is 0 Å². The molecule has 1 aromatic carbocycles. The quantitative estimate of drug-likeness (QED) is 0.633. The van der Waals surface area contributed by atoms with Crippen molar-refractivity contribution < 1.29 is 22.5 Å². The molecular formula is C18H25N3O5S. The van der Waals surface area contributed by atoms with Gasteiger partial charge in [0.2, 0.25) is 10.0 Å². The fourth-order valence-corrected chi connectivity index (χ4v) is 3.95. The minimum Gasteiger partial charge on any atom is -0.452 e. The van der Waals surface area contributed by atoms with Crippen molar-refractivity contribution in [1.29, 1.82) is 0 Å². The Balaban J connectivity index is 2.20. The Labute approximate surface area is 159 Å². The van der Waals surface area contributed by atoms with Crippen LogP contribution in [0.2, 0.25) is 0 Å². The van der Waals surface area contributed by atoms with Gasteiger partial charge in [0.1, 0.15) is 0 Å². The number of esters is 1. The molecule has 0 amide bonds. The van der Waals surface area contributed by atoms with Crippen molar-refractivity contribution in [3.05, 3.63) is 41.0 Å². The molecule has 0 unspecified atom stereocenters. The molecule has 0 saturated carbocycles. The third-order valence-electron chi connectivity index (χ3n) is 4.10. The number of nitrogens with zero attached hydrogens (tertiary/aromatic N) is 3. The van der Waals surface area contributed by atoms with Crippen LogP contribution >= 0.6 is 0 Å². The first kappa shape index (κ1) is 21.0. The third kappa shape index (κ3) is 4.72. The zero-order chi connectivity index (χ0) is 20.2. The predicted molar refractivity (Wildman–Crippen MR) is 98.8 cm³/mol. The Bertz CT molecular complexity index is 901. The lowest BCUT2D eigenvalue weighted by molar-refractivity contribution is 0.0428. The van der Waals surface area contributed by atoms with Crippen molar-refractivity contribution in [3.8, 4) is 0 Å². The van der Waals surface area contributed by atoms with E-state index in [9.17, 15) is 13.2 Å². The minimum absolute atomic E-state index is 0.0589. The molecule has 0 saturated heterocycles. The first-order chi connectivity index (χ1) is 12.7. The second kappa shape index (κ2) is 8.62. The first-order valence-corrected chi connectivity index (χ1v) is 10.2. The molecule has 0 aliphatic heterocycles. The number of aryl methyl sites for hydroxylation is 1. The Hall–Kier alpha value is -2.26. The van der Waals surface area contributed by atoms with Gasteiger partial charge in [-0.15, -0.1) is 0 Å². The number of ether oxygens (including phenoxy) is 1. The van der Waals surface area contributed by atoms with Crippen molar-refractivity contribution >= 4 is 16.0 Å². The molecule has 9 heteroatoms. The van der Waals surface area contributed by atoms with Crippen molar-refractivity contribution in [2.24, 2.45) is 0 Å². The van der Waals surface area contributed by atoms with Crippen molar-refractivity contribution in [2.45, 2.75) is 52.0 Å². The summed E-state index contributed by atoms with van der Waals surface area (Å²) in [6, 6.07) is 4.43. The molecule has 27 heavy (non-hydrogen) atoms. The summed E-state index contributed by atoms with van der Waals surface area (Å²) in [7, 11) is -3.66. The number of aromatic nitrogens is 2. The molecule has 1 aromatic heterocycles. The Morgan fingerprint density at radius 2 is 1.93 bits per heavy atom. The molecule has 0 atom stereocenters. The highest BCUT2D eigenvalue weighted by Crippen LogP contribution is 2.20. The van der Waals surface area contributed by atoms with Gasteiger partial charge in [-0.05, 0) is 24.6 Å². The maximum absolute atomic E-state index is 12.7. The minimum atomic E-state index is -3.66. The average molecular weight is 395 g/mol. The standard InChI is InChI=1S/C18H25N3O5S/c1-6-21(7-2)27(23,24)14-9-8-13(5)15(10-14)18(22)25-11-16-19-17(12(3)4)20-26-16/h8-10,12H,6-7,11H2,1-5H3.